The number of pyridine rings is 1. The number of aryl methyl sites for hydroxylation is 1. The van der Waals surface area contributed by atoms with Crippen molar-refractivity contribution < 1.29 is 9.84 Å². The number of hydrogen-bond donors (Lipinski definition) is 2. The number of aliphatic hydroxyl groups excluding tert-OH is 1. The van der Waals surface area contributed by atoms with Gasteiger partial charge in [0.1, 0.15) is 5.82 Å². The lowest BCUT2D eigenvalue weighted by molar-refractivity contribution is 0.122. The second-order valence-electron chi connectivity index (χ2n) is 5.95. The molecule has 0 aliphatic carbocycles. The summed E-state index contributed by atoms with van der Waals surface area (Å²) >= 11 is 0. The van der Waals surface area contributed by atoms with Gasteiger partial charge in [-0.2, -0.15) is 5.10 Å². The van der Waals surface area contributed by atoms with E-state index in [2.05, 4.69) is 26.4 Å². The molecule has 0 saturated carbocycles. The molecule has 0 spiro atoms. The fourth-order valence-corrected chi connectivity index (χ4v) is 2.98. The maximum Gasteiger partial charge on any atom is 0.126 e. The highest BCUT2D eigenvalue weighted by molar-refractivity contribution is 5.50. The number of rotatable bonds is 6. The molecule has 24 heavy (non-hydrogen) atoms. The molecule has 1 fully saturated rings. The van der Waals surface area contributed by atoms with E-state index in [0.717, 1.165) is 54.8 Å². The van der Waals surface area contributed by atoms with Gasteiger partial charge in [0.15, 0.2) is 0 Å². The molecule has 2 N–H and O–H groups in total. The van der Waals surface area contributed by atoms with Gasteiger partial charge in [0.05, 0.1) is 43.9 Å². The topological polar surface area (TPSA) is 75.4 Å². The molecular weight excluding hydrogens is 306 g/mol. The van der Waals surface area contributed by atoms with Crippen molar-refractivity contribution in [3.63, 3.8) is 0 Å². The van der Waals surface area contributed by atoms with E-state index < -0.39 is 0 Å². The summed E-state index contributed by atoms with van der Waals surface area (Å²) in [5.41, 5.74) is 4.35. The molecule has 3 rings (SSSR count). The van der Waals surface area contributed by atoms with E-state index in [1.54, 1.807) is 0 Å². The number of aromatic nitrogens is 3. The Morgan fingerprint density at radius 1 is 1.25 bits per heavy atom. The van der Waals surface area contributed by atoms with Gasteiger partial charge in [0, 0.05) is 30.9 Å². The molecule has 0 radical (unpaired) electrons. The largest absolute Gasteiger partial charge is 0.394 e. The molecular formula is C17H25N5O2. The van der Waals surface area contributed by atoms with Crippen molar-refractivity contribution in [2.75, 3.05) is 43.1 Å². The maximum absolute atomic E-state index is 9.09. The second-order valence-corrected chi connectivity index (χ2v) is 5.95. The van der Waals surface area contributed by atoms with Crippen LogP contribution in [0.1, 0.15) is 17.0 Å². The van der Waals surface area contributed by atoms with Crippen LogP contribution in [0.5, 0.6) is 0 Å². The maximum atomic E-state index is 9.09. The van der Waals surface area contributed by atoms with Crippen molar-refractivity contribution in [3.05, 3.63) is 35.3 Å². The fourth-order valence-electron chi connectivity index (χ4n) is 2.98. The van der Waals surface area contributed by atoms with Gasteiger partial charge in [-0.15, -0.1) is 0 Å². The Morgan fingerprint density at radius 2 is 2.04 bits per heavy atom. The van der Waals surface area contributed by atoms with E-state index in [4.69, 9.17) is 9.84 Å². The molecule has 7 heteroatoms. The average molecular weight is 331 g/mol. The lowest BCUT2D eigenvalue weighted by atomic mass is 10.2. The fraction of sp³-hybridized carbons (Fsp3) is 0.529. The first-order valence-electron chi connectivity index (χ1n) is 8.35. The van der Waals surface area contributed by atoms with Crippen LogP contribution in [-0.2, 0) is 17.8 Å². The summed E-state index contributed by atoms with van der Waals surface area (Å²) in [5.74, 6) is 0.848. The molecule has 1 aliphatic heterocycles. The van der Waals surface area contributed by atoms with Crippen molar-refractivity contribution in [3.8, 4) is 0 Å². The summed E-state index contributed by atoms with van der Waals surface area (Å²) in [6.45, 7) is 8.70. The Bertz CT molecular complexity index is 662. The highest BCUT2D eigenvalue weighted by Gasteiger charge is 2.13. The number of hydrogen-bond acceptors (Lipinski definition) is 6. The summed E-state index contributed by atoms with van der Waals surface area (Å²) in [5, 5.41) is 16.9. The van der Waals surface area contributed by atoms with Crippen molar-refractivity contribution in [1.82, 2.24) is 14.8 Å². The van der Waals surface area contributed by atoms with Gasteiger partial charge in [-0.3, -0.25) is 4.68 Å². The smallest absolute Gasteiger partial charge is 0.126 e. The first-order valence-corrected chi connectivity index (χ1v) is 8.35. The minimum atomic E-state index is 0.0966. The Morgan fingerprint density at radius 3 is 2.71 bits per heavy atom. The van der Waals surface area contributed by atoms with Gasteiger partial charge in [0.25, 0.3) is 0 Å². The number of anilines is 2. The van der Waals surface area contributed by atoms with Gasteiger partial charge in [-0.25, -0.2) is 4.98 Å². The molecule has 3 heterocycles. The van der Waals surface area contributed by atoms with E-state index in [-0.39, 0.29) is 6.61 Å². The van der Waals surface area contributed by atoms with Crippen molar-refractivity contribution in [1.29, 1.82) is 0 Å². The van der Waals surface area contributed by atoms with E-state index in [0.29, 0.717) is 13.1 Å². The highest BCUT2D eigenvalue weighted by Crippen LogP contribution is 2.18. The van der Waals surface area contributed by atoms with Crippen molar-refractivity contribution in [2.45, 2.75) is 26.9 Å². The molecule has 2 aromatic heterocycles. The van der Waals surface area contributed by atoms with Crippen LogP contribution in [0, 0.1) is 13.8 Å². The molecule has 130 valence electrons. The monoisotopic (exact) mass is 331 g/mol. The standard InChI is InChI=1S/C17H25N5O2/c1-13-16(14(2)22(20-13)5-8-23)12-19-17-4-3-15(11-18-17)21-6-9-24-10-7-21/h3-4,11,23H,5-10,12H2,1-2H3,(H,18,19). The normalized spacial score (nSPS) is 14.9. The average Bonchev–Trinajstić information content (AvgIpc) is 2.88. The van der Waals surface area contributed by atoms with Gasteiger partial charge < -0.3 is 20.1 Å². The van der Waals surface area contributed by atoms with Crippen LogP contribution in [0.25, 0.3) is 0 Å². The number of ether oxygens (including phenoxy) is 1. The Labute approximate surface area is 142 Å². The number of nitrogens with one attached hydrogen (secondary N) is 1. The molecule has 2 aromatic rings. The van der Waals surface area contributed by atoms with Crippen LogP contribution in [0.3, 0.4) is 0 Å². The zero-order valence-corrected chi connectivity index (χ0v) is 14.3. The molecule has 1 saturated heterocycles. The van der Waals surface area contributed by atoms with E-state index in [1.807, 2.05) is 30.8 Å². The van der Waals surface area contributed by atoms with E-state index in [1.165, 1.54) is 0 Å². The summed E-state index contributed by atoms with van der Waals surface area (Å²) in [6, 6.07) is 4.10. The molecule has 0 aromatic carbocycles. The molecule has 0 unspecified atom stereocenters. The van der Waals surface area contributed by atoms with Crippen LogP contribution in [-0.4, -0.2) is 52.8 Å². The Balaban J connectivity index is 1.62. The quantitative estimate of drug-likeness (QED) is 0.832. The minimum absolute atomic E-state index is 0.0966. The molecule has 1 aliphatic rings. The molecule has 0 atom stereocenters. The number of nitrogens with zero attached hydrogens (tertiary/aromatic N) is 4. The van der Waals surface area contributed by atoms with E-state index >= 15 is 0 Å². The van der Waals surface area contributed by atoms with Crippen LogP contribution in [0.15, 0.2) is 18.3 Å². The predicted octanol–water partition coefficient (Wildman–Crippen LogP) is 1.34. The second kappa shape index (κ2) is 7.63. The predicted molar refractivity (Wildman–Crippen MR) is 93.4 cm³/mol. The van der Waals surface area contributed by atoms with Crippen LogP contribution >= 0.6 is 0 Å². The van der Waals surface area contributed by atoms with Crippen molar-refractivity contribution >= 4 is 11.5 Å². The van der Waals surface area contributed by atoms with Gasteiger partial charge in [0.2, 0.25) is 0 Å². The van der Waals surface area contributed by atoms with Gasteiger partial charge >= 0.3 is 0 Å². The third-order valence-electron chi connectivity index (χ3n) is 4.41. The zero-order chi connectivity index (χ0) is 16.9. The summed E-state index contributed by atoms with van der Waals surface area (Å²) in [4.78, 5) is 6.80. The summed E-state index contributed by atoms with van der Waals surface area (Å²) in [7, 11) is 0. The Kier molecular flexibility index (Phi) is 5.32. The minimum Gasteiger partial charge on any atom is -0.394 e. The SMILES string of the molecule is Cc1nn(CCO)c(C)c1CNc1ccc(N2CCOCC2)cn1. The third-order valence-corrected chi connectivity index (χ3v) is 4.41. The lowest BCUT2D eigenvalue weighted by Gasteiger charge is -2.28. The highest BCUT2D eigenvalue weighted by atomic mass is 16.5. The van der Waals surface area contributed by atoms with Crippen LogP contribution < -0.4 is 10.2 Å². The summed E-state index contributed by atoms with van der Waals surface area (Å²) in [6.07, 6.45) is 1.91. The van der Waals surface area contributed by atoms with Gasteiger partial charge in [-0.1, -0.05) is 0 Å². The molecule has 0 bridgehead atoms. The molecule has 0 amide bonds. The molecule has 7 nitrogen and oxygen atoms in total. The first-order chi connectivity index (χ1) is 11.7. The van der Waals surface area contributed by atoms with E-state index in [9.17, 15) is 0 Å². The third kappa shape index (κ3) is 3.68. The number of morpholine rings is 1. The number of aliphatic hydroxyl groups is 1. The van der Waals surface area contributed by atoms with Gasteiger partial charge in [-0.05, 0) is 26.0 Å². The van der Waals surface area contributed by atoms with Crippen LogP contribution in [0.4, 0.5) is 11.5 Å². The van der Waals surface area contributed by atoms with Crippen molar-refractivity contribution in [2.24, 2.45) is 0 Å². The first kappa shape index (κ1) is 16.7. The summed E-state index contributed by atoms with van der Waals surface area (Å²) < 4.78 is 7.22. The van der Waals surface area contributed by atoms with Crippen LogP contribution in [0.2, 0.25) is 0 Å². The lowest BCUT2D eigenvalue weighted by Crippen LogP contribution is -2.36. The zero-order valence-electron chi connectivity index (χ0n) is 14.3. The Hall–Kier alpha value is -2.12.